The summed E-state index contributed by atoms with van der Waals surface area (Å²) < 4.78 is 33.6. The van der Waals surface area contributed by atoms with E-state index in [1.54, 1.807) is 0 Å². The number of hydrogen-bond donors (Lipinski definition) is 0. The molecule has 2 heterocycles. The third-order valence-corrected chi connectivity index (χ3v) is 11.0. The third-order valence-electron chi connectivity index (χ3n) is 8.91. The van der Waals surface area contributed by atoms with Crippen LogP contribution < -0.4 is 34.5 Å². The van der Waals surface area contributed by atoms with Gasteiger partial charge in [-0.05, 0) is 82.6 Å². The molecular formula is C37H31N2NaO4S3. The second kappa shape index (κ2) is 14.2. The van der Waals surface area contributed by atoms with Gasteiger partial charge >= 0.3 is 29.6 Å². The molecule has 1 aliphatic carbocycles. The van der Waals surface area contributed by atoms with E-state index >= 15 is 0 Å². The Labute approximate surface area is 307 Å². The quantitative estimate of drug-likeness (QED) is 0.0866. The zero-order valence-corrected chi connectivity index (χ0v) is 30.4. The molecule has 4 aromatic rings. The van der Waals surface area contributed by atoms with Crippen molar-refractivity contribution in [1.82, 2.24) is 4.90 Å². The summed E-state index contributed by atoms with van der Waals surface area (Å²) in [5, 5.41) is 0. The molecule has 0 spiro atoms. The minimum Gasteiger partial charge on any atom is -0.748 e. The first-order valence-corrected chi connectivity index (χ1v) is 18.1. The van der Waals surface area contributed by atoms with Crippen LogP contribution in [-0.2, 0) is 14.9 Å². The molecule has 47 heavy (non-hydrogen) atoms. The van der Waals surface area contributed by atoms with Gasteiger partial charge in [0.15, 0.2) is 0 Å². The zero-order chi connectivity index (χ0) is 31.8. The molecule has 4 aromatic carbocycles. The normalized spacial score (nSPS) is 19.5. The van der Waals surface area contributed by atoms with Crippen LogP contribution in [0.1, 0.15) is 53.0 Å². The van der Waals surface area contributed by atoms with E-state index in [9.17, 15) is 17.8 Å². The molecule has 0 N–H and O–H groups in total. The number of thioether (sulfide) groups is 1. The molecule has 0 radical (unpaired) electrons. The summed E-state index contributed by atoms with van der Waals surface area (Å²) >= 11 is 6.45. The van der Waals surface area contributed by atoms with Crippen LogP contribution in [0.5, 0.6) is 0 Å². The van der Waals surface area contributed by atoms with E-state index in [0.717, 1.165) is 47.8 Å². The van der Waals surface area contributed by atoms with Gasteiger partial charge in [0.1, 0.15) is 4.32 Å². The van der Waals surface area contributed by atoms with Crippen LogP contribution in [0.3, 0.4) is 0 Å². The van der Waals surface area contributed by atoms with E-state index in [1.807, 2.05) is 24.3 Å². The van der Waals surface area contributed by atoms with Crippen molar-refractivity contribution in [3.05, 3.63) is 136 Å². The van der Waals surface area contributed by atoms with Crippen molar-refractivity contribution >= 4 is 73.4 Å². The molecule has 10 heteroatoms. The van der Waals surface area contributed by atoms with Gasteiger partial charge in [-0.1, -0.05) is 109 Å². The number of hydrogen-bond acceptors (Lipinski definition) is 7. The van der Waals surface area contributed by atoms with Crippen LogP contribution in [0.4, 0.5) is 11.4 Å². The monoisotopic (exact) mass is 686 g/mol. The molecule has 7 rings (SSSR count). The number of thiocarbonyl (C=S) groups is 1. The Morgan fingerprint density at radius 1 is 0.894 bits per heavy atom. The van der Waals surface area contributed by atoms with Crippen molar-refractivity contribution in [2.45, 2.75) is 31.2 Å². The van der Waals surface area contributed by atoms with Crippen molar-refractivity contribution in [2.75, 3.05) is 17.2 Å². The average molecular weight is 687 g/mol. The zero-order valence-electron chi connectivity index (χ0n) is 25.9. The Kier molecular flexibility index (Phi) is 10.2. The van der Waals surface area contributed by atoms with Crippen LogP contribution >= 0.6 is 24.0 Å². The van der Waals surface area contributed by atoms with Crippen LogP contribution in [0, 0.1) is 0 Å². The predicted molar refractivity (Wildman–Crippen MR) is 190 cm³/mol. The number of nitrogens with zero attached hydrogens (tertiary/aromatic N) is 2. The standard InChI is InChI=1S/C37H32N2O4S3.Na/c40-36-35(45-37(44)38(36)20-21-46(41,42)43)24-26-16-19-34-32(23-26)30-12-7-13-33(30)39(34)29-17-14-25(15-18-29)22-31(27-8-3-1-4-9-27)28-10-5-2-6-11-28;/h1-6,8-11,14-19,22-24,30,33H,7,12-13,20-21H2,(H,41,42,43);/q;+1/p-1/b35-24+;. The van der Waals surface area contributed by atoms with Crippen molar-refractivity contribution in [3.63, 3.8) is 0 Å². The van der Waals surface area contributed by atoms with Gasteiger partial charge < -0.3 is 9.45 Å². The molecule has 2 aliphatic heterocycles. The molecule has 1 amide bonds. The minimum absolute atomic E-state index is 0. The molecule has 2 atom stereocenters. The third kappa shape index (κ3) is 7.22. The summed E-state index contributed by atoms with van der Waals surface area (Å²) in [5.74, 6) is -0.623. The van der Waals surface area contributed by atoms with Gasteiger partial charge in [0.25, 0.3) is 5.91 Å². The molecule has 2 fully saturated rings. The van der Waals surface area contributed by atoms with E-state index in [1.165, 1.54) is 32.9 Å². The summed E-state index contributed by atoms with van der Waals surface area (Å²) in [5.41, 5.74) is 9.20. The number of carbonyl (C=O) groups excluding carboxylic acids is 1. The Balaban J connectivity index is 0.00000386. The summed E-state index contributed by atoms with van der Waals surface area (Å²) in [6.45, 7) is -0.231. The first-order valence-electron chi connectivity index (χ1n) is 15.3. The molecule has 1 saturated heterocycles. The molecule has 1 saturated carbocycles. The van der Waals surface area contributed by atoms with E-state index in [0.29, 0.717) is 16.9 Å². The molecule has 6 nitrogen and oxygen atoms in total. The Morgan fingerprint density at radius 3 is 2.17 bits per heavy atom. The first-order chi connectivity index (χ1) is 22.2. The maximum atomic E-state index is 13.0. The summed E-state index contributed by atoms with van der Waals surface area (Å²) in [6.07, 6.45) is 7.45. The van der Waals surface area contributed by atoms with Crippen molar-refractivity contribution < 1.29 is 47.3 Å². The SMILES string of the molecule is O=C1/C(=C\c2ccc3c(c2)C2CCCC2N3c2ccc(C=C(c3ccccc3)c3ccccc3)cc2)SC(=S)N1CCS(=O)(=O)[O-].[Na+]. The van der Waals surface area contributed by atoms with E-state index in [4.69, 9.17) is 12.2 Å². The predicted octanol–water partition coefficient (Wildman–Crippen LogP) is 4.81. The van der Waals surface area contributed by atoms with E-state index in [2.05, 4.69) is 95.9 Å². The summed E-state index contributed by atoms with van der Waals surface area (Å²) in [6, 6.07) is 36.5. The molecule has 0 aromatic heterocycles. The fourth-order valence-electron chi connectivity index (χ4n) is 6.81. The van der Waals surface area contributed by atoms with Gasteiger partial charge in [0, 0.05) is 29.9 Å². The van der Waals surface area contributed by atoms with E-state index < -0.39 is 15.9 Å². The number of carbonyl (C=O) groups is 1. The number of anilines is 2. The van der Waals surface area contributed by atoms with Gasteiger partial charge in [-0.3, -0.25) is 9.69 Å². The molecular weight excluding hydrogens is 656 g/mol. The second-order valence-corrected chi connectivity index (χ2v) is 15.0. The largest absolute Gasteiger partial charge is 1.00 e. The molecule has 232 valence electrons. The van der Waals surface area contributed by atoms with E-state index in [-0.39, 0.29) is 46.3 Å². The number of fused-ring (bicyclic) bond motifs is 3. The van der Waals surface area contributed by atoms with Gasteiger partial charge in [0.05, 0.1) is 20.8 Å². The average Bonchev–Trinajstić information content (AvgIpc) is 3.72. The Bertz CT molecular complexity index is 1940. The second-order valence-electron chi connectivity index (χ2n) is 11.8. The number of benzene rings is 4. The fourth-order valence-corrected chi connectivity index (χ4v) is 8.53. The number of rotatable bonds is 8. The van der Waals surface area contributed by atoms with Gasteiger partial charge in [-0.15, -0.1) is 0 Å². The molecule has 3 aliphatic rings. The summed E-state index contributed by atoms with van der Waals surface area (Å²) in [7, 11) is -4.45. The van der Waals surface area contributed by atoms with Crippen molar-refractivity contribution in [3.8, 4) is 0 Å². The fraction of sp³-hybridized carbons (Fsp3) is 0.189. The van der Waals surface area contributed by atoms with Crippen LogP contribution in [0.15, 0.2) is 108 Å². The molecule has 0 bridgehead atoms. The topological polar surface area (TPSA) is 80.8 Å². The Morgan fingerprint density at radius 2 is 1.53 bits per heavy atom. The number of amides is 1. The maximum Gasteiger partial charge on any atom is 1.00 e. The van der Waals surface area contributed by atoms with Gasteiger partial charge in [0.2, 0.25) is 0 Å². The first kappa shape index (κ1) is 33.9. The smallest absolute Gasteiger partial charge is 0.748 e. The summed E-state index contributed by atoms with van der Waals surface area (Å²) in [4.78, 5) is 17.1. The van der Waals surface area contributed by atoms with Crippen LogP contribution in [-0.4, -0.2) is 46.4 Å². The van der Waals surface area contributed by atoms with Crippen LogP contribution in [0.25, 0.3) is 17.7 Å². The van der Waals surface area contributed by atoms with Gasteiger partial charge in [-0.2, -0.15) is 0 Å². The van der Waals surface area contributed by atoms with Crippen LogP contribution in [0.2, 0.25) is 0 Å². The van der Waals surface area contributed by atoms with Crippen molar-refractivity contribution in [1.29, 1.82) is 0 Å². The van der Waals surface area contributed by atoms with Crippen molar-refractivity contribution in [2.24, 2.45) is 0 Å². The maximum absolute atomic E-state index is 13.0. The Hall–Kier alpha value is -3.02. The minimum atomic E-state index is -4.45. The van der Waals surface area contributed by atoms with Gasteiger partial charge in [-0.25, -0.2) is 8.42 Å². The molecule has 2 unspecified atom stereocenters.